The molecule has 1 saturated heterocycles. The van der Waals surface area contributed by atoms with Crippen molar-refractivity contribution in [2.45, 2.75) is 26.0 Å². The Labute approximate surface area is 101 Å². The van der Waals surface area contributed by atoms with Crippen LogP contribution in [0.25, 0.3) is 0 Å². The second-order valence-electron chi connectivity index (χ2n) is 4.34. The van der Waals surface area contributed by atoms with E-state index in [2.05, 4.69) is 34.3 Å². The summed E-state index contributed by atoms with van der Waals surface area (Å²) in [6.45, 7) is 6.21. The van der Waals surface area contributed by atoms with E-state index < -0.39 is 0 Å². The van der Waals surface area contributed by atoms with E-state index in [0.717, 1.165) is 32.7 Å². The van der Waals surface area contributed by atoms with Crippen molar-refractivity contribution in [1.29, 1.82) is 0 Å². The van der Waals surface area contributed by atoms with E-state index in [1.807, 2.05) is 0 Å². The molecule has 1 aliphatic heterocycles. The van der Waals surface area contributed by atoms with Gasteiger partial charge in [0.15, 0.2) is 0 Å². The first kappa shape index (κ1) is 12.5. The number of morpholine rings is 1. The lowest BCUT2D eigenvalue weighted by Crippen LogP contribution is -2.35. The van der Waals surface area contributed by atoms with Crippen LogP contribution in [0.3, 0.4) is 0 Å². The number of hydrogen-bond donors (Lipinski definition) is 1. The summed E-state index contributed by atoms with van der Waals surface area (Å²) >= 11 is 0. The van der Waals surface area contributed by atoms with Crippen LogP contribution in [0.15, 0.2) is 4.52 Å². The third kappa shape index (κ3) is 3.49. The van der Waals surface area contributed by atoms with Crippen molar-refractivity contribution in [2.75, 3.05) is 33.3 Å². The molecule has 0 bridgehead atoms. The molecule has 1 aromatic rings. The van der Waals surface area contributed by atoms with Crippen LogP contribution in [0.4, 0.5) is 0 Å². The van der Waals surface area contributed by atoms with Crippen LogP contribution in [-0.2, 0) is 11.3 Å². The van der Waals surface area contributed by atoms with Crippen molar-refractivity contribution >= 4 is 0 Å². The topological polar surface area (TPSA) is 63.4 Å². The number of nitrogens with one attached hydrogen (secondary N) is 1. The highest BCUT2D eigenvalue weighted by atomic mass is 16.5. The number of aromatic nitrogens is 2. The highest BCUT2D eigenvalue weighted by molar-refractivity contribution is 4.93. The van der Waals surface area contributed by atoms with Gasteiger partial charge in [0.2, 0.25) is 11.7 Å². The van der Waals surface area contributed by atoms with Gasteiger partial charge in [-0.25, -0.2) is 0 Å². The number of rotatable bonds is 5. The second kappa shape index (κ2) is 6.09. The number of ether oxygens (including phenoxy) is 1. The van der Waals surface area contributed by atoms with Gasteiger partial charge < -0.3 is 19.5 Å². The van der Waals surface area contributed by atoms with Crippen molar-refractivity contribution in [3.8, 4) is 0 Å². The van der Waals surface area contributed by atoms with Crippen molar-refractivity contribution in [2.24, 2.45) is 0 Å². The Morgan fingerprint density at radius 3 is 3.18 bits per heavy atom. The van der Waals surface area contributed by atoms with Gasteiger partial charge in [0.25, 0.3) is 0 Å². The van der Waals surface area contributed by atoms with Crippen LogP contribution in [0.2, 0.25) is 0 Å². The predicted molar refractivity (Wildman–Crippen MR) is 62.5 cm³/mol. The van der Waals surface area contributed by atoms with Crippen LogP contribution in [0.5, 0.6) is 0 Å². The van der Waals surface area contributed by atoms with Gasteiger partial charge in [-0.05, 0) is 20.0 Å². The Hall–Kier alpha value is -0.980. The molecule has 0 aromatic carbocycles. The molecule has 0 spiro atoms. The van der Waals surface area contributed by atoms with Crippen LogP contribution in [-0.4, -0.2) is 48.3 Å². The molecule has 2 rings (SSSR count). The van der Waals surface area contributed by atoms with Gasteiger partial charge in [0, 0.05) is 13.1 Å². The molecule has 96 valence electrons. The second-order valence-corrected chi connectivity index (χ2v) is 4.34. The summed E-state index contributed by atoms with van der Waals surface area (Å²) in [6, 6.07) is 0. The molecule has 0 aliphatic carbocycles. The molecule has 1 aromatic heterocycles. The lowest BCUT2D eigenvalue weighted by Gasteiger charge is -2.27. The van der Waals surface area contributed by atoms with E-state index in [1.165, 1.54) is 0 Å². The maximum Gasteiger partial charge on any atom is 0.240 e. The number of nitrogens with zero attached hydrogens (tertiary/aromatic N) is 3. The SMILES string of the molecule is CCCNCc1nc(C2CN(C)CCO2)no1. The molecule has 1 fully saturated rings. The summed E-state index contributed by atoms with van der Waals surface area (Å²) in [5.41, 5.74) is 0. The smallest absolute Gasteiger partial charge is 0.240 e. The normalized spacial score (nSPS) is 21.9. The van der Waals surface area contributed by atoms with Crippen LogP contribution >= 0.6 is 0 Å². The molecule has 0 radical (unpaired) electrons. The molecule has 6 heteroatoms. The molecule has 1 unspecified atom stereocenters. The van der Waals surface area contributed by atoms with Gasteiger partial charge in [0.1, 0.15) is 6.10 Å². The van der Waals surface area contributed by atoms with Crippen LogP contribution in [0.1, 0.15) is 31.2 Å². The molecule has 6 nitrogen and oxygen atoms in total. The highest BCUT2D eigenvalue weighted by Crippen LogP contribution is 2.18. The minimum Gasteiger partial charge on any atom is -0.367 e. The Bertz CT molecular complexity index is 342. The largest absolute Gasteiger partial charge is 0.367 e. The van der Waals surface area contributed by atoms with Crippen LogP contribution in [0, 0.1) is 0 Å². The fraction of sp³-hybridized carbons (Fsp3) is 0.818. The van der Waals surface area contributed by atoms with Gasteiger partial charge in [0.05, 0.1) is 13.2 Å². The molecule has 1 atom stereocenters. The predicted octanol–water partition coefficient (Wildman–Crippen LogP) is 0.572. The van der Waals surface area contributed by atoms with Gasteiger partial charge in [-0.2, -0.15) is 4.98 Å². The fourth-order valence-corrected chi connectivity index (χ4v) is 1.78. The molecule has 1 aliphatic rings. The Balaban J connectivity index is 1.88. The summed E-state index contributed by atoms with van der Waals surface area (Å²) < 4.78 is 10.8. The van der Waals surface area contributed by atoms with Gasteiger partial charge in [-0.1, -0.05) is 12.1 Å². The average Bonchev–Trinajstić information content (AvgIpc) is 2.78. The standard InChI is InChI=1S/C11H20N4O2/c1-3-4-12-7-10-13-11(14-17-10)9-8-15(2)5-6-16-9/h9,12H,3-8H2,1-2H3. The van der Waals surface area contributed by atoms with E-state index >= 15 is 0 Å². The zero-order valence-electron chi connectivity index (χ0n) is 10.5. The molecular weight excluding hydrogens is 220 g/mol. The first-order chi connectivity index (χ1) is 8.29. The molecule has 2 heterocycles. The Morgan fingerprint density at radius 1 is 1.53 bits per heavy atom. The lowest BCUT2D eigenvalue weighted by atomic mass is 10.3. The minimum absolute atomic E-state index is 0.0579. The van der Waals surface area contributed by atoms with E-state index in [-0.39, 0.29) is 6.10 Å². The Morgan fingerprint density at radius 2 is 2.41 bits per heavy atom. The summed E-state index contributed by atoms with van der Waals surface area (Å²) in [5, 5.41) is 7.20. The average molecular weight is 240 g/mol. The van der Waals surface area contributed by atoms with E-state index in [9.17, 15) is 0 Å². The fourth-order valence-electron chi connectivity index (χ4n) is 1.78. The van der Waals surface area contributed by atoms with E-state index in [1.54, 1.807) is 0 Å². The van der Waals surface area contributed by atoms with Crippen molar-refractivity contribution in [3.63, 3.8) is 0 Å². The third-order valence-electron chi connectivity index (χ3n) is 2.74. The summed E-state index contributed by atoms with van der Waals surface area (Å²) in [7, 11) is 2.07. The first-order valence-electron chi connectivity index (χ1n) is 6.13. The van der Waals surface area contributed by atoms with Gasteiger partial charge >= 0.3 is 0 Å². The third-order valence-corrected chi connectivity index (χ3v) is 2.74. The number of hydrogen-bond acceptors (Lipinski definition) is 6. The van der Waals surface area contributed by atoms with Crippen molar-refractivity contribution < 1.29 is 9.26 Å². The van der Waals surface area contributed by atoms with Gasteiger partial charge in [-0.15, -0.1) is 0 Å². The summed E-state index contributed by atoms with van der Waals surface area (Å²) in [4.78, 5) is 6.56. The molecule has 0 amide bonds. The summed E-state index contributed by atoms with van der Waals surface area (Å²) in [5.74, 6) is 1.29. The lowest BCUT2D eigenvalue weighted by molar-refractivity contribution is -0.0264. The molecule has 0 saturated carbocycles. The Kier molecular flexibility index (Phi) is 4.47. The van der Waals surface area contributed by atoms with Crippen molar-refractivity contribution in [1.82, 2.24) is 20.4 Å². The zero-order valence-corrected chi connectivity index (χ0v) is 10.5. The monoisotopic (exact) mass is 240 g/mol. The van der Waals surface area contributed by atoms with Crippen molar-refractivity contribution in [3.05, 3.63) is 11.7 Å². The van der Waals surface area contributed by atoms with E-state index in [4.69, 9.17) is 9.26 Å². The highest BCUT2D eigenvalue weighted by Gasteiger charge is 2.24. The maximum atomic E-state index is 5.63. The zero-order chi connectivity index (χ0) is 12.1. The van der Waals surface area contributed by atoms with Crippen LogP contribution < -0.4 is 5.32 Å². The molecule has 17 heavy (non-hydrogen) atoms. The first-order valence-corrected chi connectivity index (χ1v) is 6.13. The molecule has 1 N–H and O–H groups in total. The maximum absolute atomic E-state index is 5.63. The van der Waals surface area contributed by atoms with E-state index in [0.29, 0.717) is 18.3 Å². The number of likely N-dealkylation sites (N-methyl/N-ethyl adjacent to an activating group) is 1. The molecular formula is C11H20N4O2. The quantitative estimate of drug-likeness (QED) is 0.759. The van der Waals surface area contributed by atoms with Gasteiger partial charge in [-0.3, -0.25) is 0 Å². The minimum atomic E-state index is -0.0579. The summed E-state index contributed by atoms with van der Waals surface area (Å²) in [6.07, 6.45) is 1.04.